The van der Waals surface area contributed by atoms with Crippen LogP contribution in [0, 0.1) is 6.92 Å². The lowest BCUT2D eigenvalue weighted by atomic mass is 10.2. The van der Waals surface area contributed by atoms with Crippen LogP contribution in [0.3, 0.4) is 0 Å². The zero-order valence-corrected chi connectivity index (χ0v) is 17.8. The zero-order valence-electron chi connectivity index (χ0n) is 16.0. The number of aryl methyl sites for hydroxylation is 1. The molecule has 0 aliphatic carbocycles. The first-order valence-electron chi connectivity index (χ1n) is 8.27. The van der Waals surface area contributed by atoms with E-state index < -0.39 is 48.8 Å². The third-order valence-corrected chi connectivity index (χ3v) is 10.3. The predicted molar refractivity (Wildman–Crippen MR) is 97.1 cm³/mol. The predicted octanol–water partition coefficient (Wildman–Crippen LogP) is 5.04. The van der Waals surface area contributed by atoms with Gasteiger partial charge in [-0.2, -0.15) is 21.6 Å². The third-order valence-electron chi connectivity index (χ3n) is 4.54. The van der Waals surface area contributed by atoms with Gasteiger partial charge in [0.1, 0.15) is 6.10 Å². The molecule has 0 bridgehead atoms. The molecule has 0 aliphatic rings. The molecule has 0 amide bonds. The lowest BCUT2D eigenvalue weighted by molar-refractivity contribution is -0.201. The molecule has 1 aromatic rings. The molecule has 0 saturated carbocycles. The van der Waals surface area contributed by atoms with Crippen LogP contribution in [0.4, 0.5) is 13.2 Å². The Morgan fingerprint density at radius 2 is 1.58 bits per heavy atom. The highest BCUT2D eigenvalue weighted by molar-refractivity contribution is 7.86. The van der Waals surface area contributed by atoms with Gasteiger partial charge in [-0.05, 0) is 37.2 Å². The third kappa shape index (κ3) is 6.36. The van der Waals surface area contributed by atoms with Crippen molar-refractivity contribution in [1.29, 1.82) is 0 Å². The molecule has 0 spiro atoms. The minimum atomic E-state index is -4.59. The molecular formula is C17H27F3O4SSi. The largest absolute Gasteiger partial charge is 0.413 e. The molecule has 4 nitrogen and oxygen atoms in total. The standard InChI is InChI=1S/C17H27F3O4SSi/c1-13-7-9-14(10-8-13)25(21,22)23-12-11-15(17(18,19)20)24-26(5,6)16(2,3)4/h7-10,15H,11-12H2,1-6H3. The van der Waals surface area contributed by atoms with Gasteiger partial charge >= 0.3 is 6.18 Å². The van der Waals surface area contributed by atoms with Crippen LogP contribution in [0.15, 0.2) is 29.2 Å². The molecule has 0 heterocycles. The lowest BCUT2D eigenvalue weighted by Crippen LogP contribution is -2.48. The highest BCUT2D eigenvalue weighted by Crippen LogP contribution is 2.40. The van der Waals surface area contributed by atoms with Crippen molar-refractivity contribution in [3.8, 4) is 0 Å². The van der Waals surface area contributed by atoms with Gasteiger partial charge in [0, 0.05) is 6.42 Å². The minimum absolute atomic E-state index is 0.0861. The average molecular weight is 413 g/mol. The van der Waals surface area contributed by atoms with E-state index in [1.807, 2.05) is 20.8 Å². The molecule has 1 rings (SSSR count). The van der Waals surface area contributed by atoms with Gasteiger partial charge in [0.15, 0.2) is 8.32 Å². The van der Waals surface area contributed by atoms with E-state index in [1.54, 1.807) is 32.2 Å². The second-order valence-electron chi connectivity index (χ2n) is 7.79. The summed E-state index contributed by atoms with van der Waals surface area (Å²) in [5.41, 5.74) is 0.865. The van der Waals surface area contributed by atoms with E-state index >= 15 is 0 Å². The number of rotatable bonds is 7. The van der Waals surface area contributed by atoms with Gasteiger partial charge in [-0.3, -0.25) is 4.18 Å². The fraction of sp³-hybridized carbons (Fsp3) is 0.647. The van der Waals surface area contributed by atoms with Crippen molar-refractivity contribution in [1.82, 2.24) is 0 Å². The average Bonchev–Trinajstić information content (AvgIpc) is 2.44. The Kier molecular flexibility index (Phi) is 7.12. The number of halogens is 3. The van der Waals surface area contributed by atoms with E-state index in [4.69, 9.17) is 8.61 Å². The van der Waals surface area contributed by atoms with Crippen LogP contribution in [0.1, 0.15) is 32.8 Å². The maximum absolute atomic E-state index is 13.3. The van der Waals surface area contributed by atoms with E-state index in [0.29, 0.717) is 0 Å². The fourth-order valence-corrected chi connectivity index (χ4v) is 4.10. The Labute approximate surface area is 155 Å². The van der Waals surface area contributed by atoms with Crippen LogP contribution in [0.5, 0.6) is 0 Å². The van der Waals surface area contributed by atoms with Gasteiger partial charge in [-0.15, -0.1) is 0 Å². The first-order valence-corrected chi connectivity index (χ1v) is 12.6. The van der Waals surface area contributed by atoms with E-state index in [1.165, 1.54) is 12.1 Å². The molecule has 9 heteroatoms. The van der Waals surface area contributed by atoms with Gasteiger partial charge in [-0.1, -0.05) is 38.5 Å². The van der Waals surface area contributed by atoms with E-state index in [-0.39, 0.29) is 4.90 Å². The molecule has 0 fully saturated rings. The van der Waals surface area contributed by atoms with E-state index in [0.717, 1.165) is 5.56 Å². The SMILES string of the molecule is Cc1ccc(S(=O)(=O)OCCC(O[Si](C)(C)C(C)(C)C)C(F)(F)F)cc1. The lowest BCUT2D eigenvalue weighted by Gasteiger charge is -2.39. The Morgan fingerprint density at radius 3 is 2.00 bits per heavy atom. The zero-order chi connectivity index (χ0) is 20.4. The molecule has 0 aromatic heterocycles. The van der Waals surface area contributed by atoms with Gasteiger partial charge in [0.05, 0.1) is 11.5 Å². The molecule has 0 N–H and O–H groups in total. The maximum Gasteiger partial charge on any atom is 0.413 e. The summed E-state index contributed by atoms with van der Waals surface area (Å²) >= 11 is 0. The second kappa shape index (κ2) is 8.00. The summed E-state index contributed by atoms with van der Waals surface area (Å²) in [7, 11) is -6.77. The molecule has 0 saturated heterocycles. The highest BCUT2D eigenvalue weighted by Gasteiger charge is 2.47. The smallest absolute Gasteiger partial charge is 0.405 e. The fourth-order valence-electron chi connectivity index (χ4n) is 1.86. The topological polar surface area (TPSA) is 52.6 Å². The summed E-state index contributed by atoms with van der Waals surface area (Å²) in [5, 5.41) is -0.397. The van der Waals surface area contributed by atoms with Crippen LogP contribution >= 0.6 is 0 Å². The summed E-state index contributed by atoms with van der Waals surface area (Å²) in [4.78, 5) is -0.0861. The molecule has 1 aromatic carbocycles. The van der Waals surface area contributed by atoms with Crippen molar-refractivity contribution in [3.05, 3.63) is 29.8 Å². The summed E-state index contributed by atoms with van der Waals surface area (Å²) in [6.45, 7) is 10.1. The molecule has 26 heavy (non-hydrogen) atoms. The van der Waals surface area contributed by atoms with Gasteiger partial charge in [0.25, 0.3) is 10.1 Å². The Bertz CT molecular complexity index is 692. The summed E-state index contributed by atoms with van der Waals surface area (Å²) < 4.78 is 74.4. The van der Waals surface area contributed by atoms with Crippen molar-refractivity contribution in [2.45, 2.75) is 69.4 Å². The molecule has 1 atom stereocenters. The molecule has 0 radical (unpaired) electrons. The minimum Gasteiger partial charge on any atom is -0.405 e. The quantitative estimate of drug-likeness (QED) is 0.465. The summed E-state index contributed by atoms with van der Waals surface area (Å²) in [5.74, 6) is 0. The number of alkyl halides is 3. The molecule has 1 unspecified atom stereocenters. The maximum atomic E-state index is 13.3. The number of hydrogen-bond acceptors (Lipinski definition) is 4. The molecule has 0 aliphatic heterocycles. The summed E-state index contributed by atoms with van der Waals surface area (Å²) in [6.07, 6.45) is -7.23. The van der Waals surface area contributed by atoms with Crippen molar-refractivity contribution < 1.29 is 30.2 Å². The van der Waals surface area contributed by atoms with Gasteiger partial charge in [0.2, 0.25) is 0 Å². The van der Waals surface area contributed by atoms with Crippen LogP contribution in [-0.2, 0) is 18.7 Å². The first-order chi connectivity index (χ1) is 11.6. The van der Waals surface area contributed by atoms with Crippen molar-refractivity contribution >= 4 is 18.4 Å². The van der Waals surface area contributed by atoms with E-state index in [9.17, 15) is 21.6 Å². The summed E-state index contributed by atoms with van der Waals surface area (Å²) in [6, 6.07) is 5.90. The van der Waals surface area contributed by atoms with Crippen LogP contribution < -0.4 is 0 Å². The van der Waals surface area contributed by atoms with Crippen molar-refractivity contribution in [3.63, 3.8) is 0 Å². The van der Waals surface area contributed by atoms with Gasteiger partial charge in [-0.25, -0.2) is 0 Å². The number of hydrogen-bond donors (Lipinski definition) is 0. The molecular weight excluding hydrogens is 385 g/mol. The van der Waals surface area contributed by atoms with Crippen molar-refractivity contribution in [2.24, 2.45) is 0 Å². The highest BCUT2D eigenvalue weighted by atomic mass is 32.2. The Balaban J connectivity index is 2.81. The molecule has 150 valence electrons. The first kappa shape index (κ1) is 23.1. The Hall–Kier alpha value is -0.903. The second-order valence-corrected chi connectivity index (χ2v) is 14.2. The normalized spacial score (nSPS) is 15.1. The van der Waals surface area contributed by atoms with Crippen LogP contribution in [-0.4, -0.2) is 35.6 Å². The van der Waals surface area contributed by atoms with Crippen LogP contribution in [0.2, 0.25) is 18.1 Å². The van der Waals surface area contributed by atoms with E-state index in [2.05, 4.69) is 0 Å². The monoisotopic (exact) mass is 412 g/mol. The van der Waals surface area contributed by atoms with Crippen LogP contribution in [0.25, 0.3) is 0 Å². The number of benzene rings is 1. The van der Waals surface area contributed by atoms with Gasteiger partial charge < -0.3 is 4.43 Å². The Morgan fingerprint density at radius 1 is 1.08 bits per heavy atom. The van der Waals surface area contributed by atoms with Crippen molar-refractivity contribution in [2.75, 3.05) is 6.61 Å².